The summed E-state index contributed by atoms with van der Waals surface area (Å²) >= 11 is 0. The largest absolute Gasteiger partial charge is 0.444 e. The normalized spacial score (nSPS) is 21.4. The Morgan fingerprint density at radius 1 is 1.11 bits per heavy atom. The highest BCUT2D eigenvalue weighted by molar-refractivity contribution is 6.76. The van der Waals surface area contributed by atoms with Crippen molar-refractivity contribution in [2.45, 2.75) is 90.1 Å². The van der Waals surface area contributed by atoms with Crippen molar-refractivity contribution in [3.63, 3.8) is 0 Å². The predicted molar refractivity (Wildman–Crippen MR) is 173 cm³/mol. The third kappa shape index (κ3) is 7.13. The number of hydrogen-bond donors (Lipinski definition) is 2. The number of ether oxygens (including phenoxy) is 2. The maximum Gasteiger partial charge on any atom is 0.410 e. The summed E-state index contributed by atoms with van der Waals surface area (Å²) < 4.78 is 14.6. The Hall–Kier alpha value is -3.20. The Morgan fingerprint density at radius 2 is 1.87 bits per heavy atom. The van der Waals surface area contributed by atoms with Crippen LogP contribution in [0.5, 0.6) is 0 Å². The molecule has 2 fully saturated rings. The highest BCUT2D eigenvalue weighted by Crippen LogP contribution is 2.34. The van der Waals surface area contributed by atoms with Crippen LogP contribution in [0.2, 0.25) is 25.7 Å². The average Bonchev–Trinajstić information content (AvgIpc) is 3.25. The van der Waals surface area contributed by atoms with Gasteiger partial charge in [0.1, 0.15) is 18.4 Å². The Kier molecular flexibility index (Phi) is 9.50. The van der Waals surface area contributed by atoms with Crippen LogP contribution in [0.15, 0.2) is 16.9 Å². The van der Waals surface area contributed by atoms with Crippen LogP contribution in [0.1, 0.15) is 45.2 Å². The van der Waals surface area contributed by atoms with Gasteiger partial charge in [0, 0.05) is 60.4 Å². The first-order valence-corrected chi connectivity index (χ1v) is 19.6. The van der Waals surface area contributed by atoms with Gasteiger partial charge in [-0.1, -0.05) is 25.7 Å². The molecule has 3 aliphatic heterocycles. The Bertz CT molecular complexity index is 1510. The fourth-order valence-electron chi connectivity index (χ4n) is 6.26. The van der Waals surface area contributed by atoms with Crippen molar-refractivity contribution in [3.05, 3.63) is 28.2 Å². The SMILES string of the molecule is CC(C)(C)OC(=O)N1CCN(Cc2ccc3c4c2NCCn4c(=O)n3C2CCC(=O)N(COCC[Si](C)(C)C)C2=O)[C@H](CO)C1. The summed E-state index contributed by atoms with van der Waals surface area (Å²) in [4.78, 5) is 57.8. The summed E-state index contributed by atoms with van der Waals surface area (Å²) in [6.07, 6.45) is 0.0282. The molecule has 0 radical (unpaired) electrons. The van der Waals surface area contributed by atoms with Gasteiger partial charge in [0.25, 0.3) is 5.91 Å². The third-order valence-electron chi connectivity index (χ3n) is 8.70. The maximum atomic E-state index is 13.8. The third-order valence-corrected chi connectivity index (χ3v) is 10.4. The molecule has 1 aromatic heterocycles. The molecule has 45 heavy (non-hydrogen) atoms. The van der Waals surface area contributed by atoms with Crippen LogP contribution in [0.4, 0.5) is 10.5 Å². The van der Waals surface area contributed by atoms with E-state index in [0.29, 0.717) is 51.4 Å². The summed E-state index contributed by atoms with van der Waals surface area (Å²) in [6.45, 7) is 15.4. The number of aliphatic hydroxyl groups is 1. The van der Waals surface area contributed by atoms with E-state index in [1.54, 1.807) is 14.0 Å². The molecule has 0 aliphatic carbocycles. The van der Waals surface area contributed by atoms with E-state index < -0.39 is 25.6 Å². The Labute approximate surface area is 265 Å². The highest BCUT2D eigenvalue weighted by atomic mass is 28.3. The molecule has 2 atom stereocenters. The lowest BCUT2D eigenvalue weighted by molar-refractivity contribution is -0.157. The monoisotopic (exact) mass is 644 g/mol. The van der Waals surface area contributed by atoms with Crippen molar-refractivity contribution in [2.75, 3.05) is 51.4 Å². The number of amides is 3. The molecule has 13 nitrogen and oxygen atoms in total. The van der Waals surface area contributed by atoms with E-state index in [1.165, 1.54) is 0 Å². The van der Waals surface area contributed by atoms with E-state index in [2.05, 4.69) is 29.9 Å². The number of imide groups is 1. The molecule has 4 heterocycles. The molecule has 14 heteroatoms. The number of piperazine rings is 1. The highest BCUT2D eigenvalue weighted by Gasteiger charge is 2.39. The predicted octanol–water partition coefficient (Wildman–Crippen LogP) is 2.64. The van der Waals surface area contributed by atoms with E-state index >= 15 is 0 Å². The summed E-state index contributed by atoms with van der Waals surface area (Å²) in [5.74, 6) is -0.688. The Balaban J connectivity index is 1.37. The van der Waals surface area contributed by atoms with Crippen molar-refractivity contribution in [1.29, 1.82) is 0 Å². The zero-order valence-electron chi connectivity index (χ0n) is 27.4. The van der Waals surface area contributed by atoms with Gasteiger partial charge in [-0.3, -0.25) is 28.5 Å². The second-order valence-corrected chi connectivity index (χ2v) is 20.1. The number of carbonyl (C=O) groups is 3. The van der Waals surface area contributed by atoms with Gasteiger partial charge in [0.05, 0.1) is 29.4 Å². The Morgan fingerprint density at radius 3 is 2.56 bits per heavy atom. The van der Waals surface area contributed by atoms with E-state index in [4.69, 9.17) is 9.47 Å². The number of nitrogens with one attached hydrogen (secondary N) is 1. The molecule has 1 aromatic carbocycles. The number of rotatable bonds is 9. The van der Waals surface area contributed by atoms with Crippen LogP contribution in [0.25, 0.3) is 11.0 Å². The molecular weight excluding hydrogens is 596 g/mol. The quantitative estimate of drug-likeness (QED) is 0.240. The minimum absolute atomic E-state index is 0.101. The van der Waals surface area contributed by atoms with Crippen LogP contribution >= 0.6 is 0 Å². The fourth-order valence-corrected chi connectivity index (χ4v) is 7.02. The number of likely N-dealkylation sites (tertiary alicyclic amines) is 1. The first-order valence-electron chi connectivity index (χ1n) is 15.9. The lowest BCUT2D eigenvalue weighted by Gasteiger charge is -2.41. The molecule has 5 rings (SSSR count). The molecule has 2 aromatic rings. The van der Waals surface area contributed by atoms with Gasteiger partial charge < -0.3 is 24.8 Å². The van der Waals surface area contributed by atoms with Crippen molar-refractivity contribution in [2.24, 2.45) is 0 Å². The van der Waals surface area contributed by atoms with Crippen LogP contribution in [-0.4, -0.2) is 113 Å². The number of benzene rings is 1. The van der Waals surface area contributed by atoms with Crippen LogP contribution in [0, 0.1) is 0 Å². The van der Waals surface area contributed by atoms with E-state index in [1.807, 2.05) is 32.9 Å². The number of hydrogen-bond acceptors (Lipinski definition) is 9. The van der Waals surface area contributed by atoms with Gasteiger partial charge in [-0.05, 0) is 44.9 Å². The van der Waals surface area contributed by atoms with Crippen LogP contribution < -0.4 is 11.0 Å². The standard InChI is InChI=1S/C31H48N6O7Si/c1-31(2,3)44-30(42)34-14-13-33(22(18-34)19-38)17-21-7-8-23-27-26(21)32-11-12-35(27)29(41)37(23)24-9-10-25(39)36(28(24)40)20-43-15-16-45(4,5)6/h7-8,22,24,32,38H,9-20H2,1-6H3/t22-,24?/m0/s1. The van der Waals surface area contributed by atoms with Gasteiger partial charge in [0.15, 0.2) is 0 Å². The first kappa shape index (κ1) is 33.2. The minimum Gasteiger partial charge on any atom is -0.444 e. The smallest absolute Gasteiger partial charge is 0.410 e. The average molecular weight is 645 g/mol. The number of aliphatic hydroxyl groups excluding tert-OH is 1. The van der Waals surface area contributed by atoms with E-state index in [9.17, 15) is 24.3 Å². The molecular formula is C31H48N6O7Si. The summed E-state index contributed by atoms with van der Waals surface area (Å²) in [5, 5.41) is 13.7. The minimum atomic E-state index is -1.33. The molecule has 0 bridgehead atoms. The topological polar surface area (TPSA) is 139 Å². The number of nitrogens with zero attached hydrogens (tertiary/aromatic N) is 5. The first-order chi connectivity index (χ1) is 21.2. The van der Waals surface area contributed by atoms with Crippen molar-refractivity contribution >= 4 is 42.7 Å². The van der Waals surface area contributed by atoms with Crippen LogP contribution in [0.3, 0.4) is 0 Å². The molecule has 248 valence electrons. The van der Waals surface area contributed by atoms with Crippen molar-refractivity contribution in [1.82, 2.24) is 23.8 Å². The fraction of sp³-hybridized carbons (Fsp3) is 0.677. The molecule has 1 unspecified atom stereocenters. The van der Waals surface area contributed by atoms with Crippen molar-refractivity contribution < 1.29 is 29.0 Å². The van der Waals surface area contributed by atoms with E-state index in [0.717, 1.165) is 27.7 Å². The van der Waals surface area contributed by atoms with Gasteiger partial charge in [0.2, 0.25) is 5.91 Å². The maximum absolute atomic E-state index is 13.8. The zero-order valence-corrected chi connectivity index (χ0v) is 28.4. The molecule has 3 amide bonds. The zero-order chi connectivity index (χ0) is 32.7. The van der Waals surface area contributed by atoms with Crippen molar-refractivity contribution in [3.8, 4) is 0 Å². The number of carbonyl (C=O) groups excluding carboxylic acids is 3. The number of imidazole rings is 1. The van der Waals surface area contributed by atoms with Gasteiger partial charge in [-0.15, -0.1) is 0 Å². The molecule has 0 saturated carbocycles. The second kappa shape index (κ2) is 12.9. The van der Waals surface area contributed by atoms with Gasteiger partial charge in [-0.2, -0.15) is 0 Å². The summed E-state index contributed by atoms with van der Waals surface area (Å²) in [6, 6.07) is 3.69. The molecule has 2 saturated heterocycles. The summed E-state index contributed by atoms with van der Waals surface area (Å²) in [7, 11) is -1.33. The number of piperidine rings is 1. The second-order valence-electron chi connectivity index (χ2n) is 14.5. The number of aromatic nitrogens is 2. The lowest BCUT2D eigenvalue weighted by atomic mass is 10.0. The molecule has 2 N–H and O–H groups in total. The summed E-state index contributed by atoms with van der Waals surface area (Å²) in [5.41, 5.74) is 2.30. The molecule has 0 spiro atoms. The van der Waals surface area contributed by atoms with Crippen LogP contribution in [-0.2, 0) is 32.2 Å². The van der Waals surface area contributed by atoms with E-state index in [-0.39, 0.29) is 49.9 Å². The number of anilines is 1. The van der Waals surface area contributed by atoms with Gasteiger partial charge >= 0.3 is 11.8 Å². The molecule has 3 aliphatic rings. The lowest BCUT2D eigenvalue weighted by Crippen LogP contribution is -2.56. The van der Waals surface area contributed by atoms with Gasteiger partial charge in [-0.25, -0.2) is 9.59 Å².